The quantitative estimate of drug-likeness (QED) is 0.800. The lowest BCUT2D eigenvalue weighted by atomic mass is 10.1. The van der Waals surface area contributed by atoms with Gasteiger partial charge in [-0.1, -0.05) is 6.07 Å². The molecule has 1 heterocycles. The molecule has 1 aliphatic heterocycles. The van der Waals surface area contributed by atoms with Crippen molar-refractivity contribution in [2.45, 2.75) is 39.0 Å². The summed E-state index contributed by atoms with van der Waals surface area (Å²) >= 11 is 0. The van der Waals surface area contributed by atoms with Crippen molar-refractivity contribution in [3.8, 4) is 11.5 Å². The molecule has 2 rings (SSSR count). The van der Waals surface area contributed by atoms with Crippen LogP contribution in [0.3, 0.4) is 0 Å². The fourth-order valence-electron chi connectivity index (χ4n) is 2.57. The molecule has 0 aliphatic carbocycles. The summed E-state index contributed by atoms with van der Waals surface area (Å²) in [5, 5.41) is 0. The van der Waals surface area contributed by atoms with Gasteiger partial charge in [-0.05, 0) is 26.8 Å². The van der Waals surface area contributed by atoms with Crippen molar-refractivity contribution in [2.75, 3.05) is 20.8 Å². The van der Waals surface area contributed by atoms with E-state index in [0.717, 1.165) is 17.1 Å². The van der Waals surface area contributed by atoms with Crippen molar-refractivity contribution in [2.24, 2.45) is 0 Å². The molecule has 5 heteroatoms. The highest BCUT2D eigenvalue weighted by molar-refractivity contribution is 5.75. The molecular weight excluding hydrogens is 270 g/mol. The van der Waals surface area contributed by atoms with Gasteiger partial charge < -0.3 is 14.2 Å². The third-order valence-electron chi connectivity index (χ3n) is 3.71. The van der Waals surface area contributed by atoms with Crippen molar-refractivity contribution in [1.82, 2.24) is 4.90 Å². The summed E-state index contributed by atoms with van der Waals surface area (Å²) in [5.41, 5.74) is 0.636. The van der Waals surface area contributed by atoms with E-state index in [1.807, 2.05) is 39.0 Å². The predicted molar refractivity (Wildman–Crippen MR) is 79.6 cm³/mol. The number of hydrogen-bond acceptors (Lipinski definition) is 5. The second-order valence-corrected chi connectivity index (χ2v) is 5.94. The normalized spacial score (nSPS) is 18.9. The summed E-state index contributed by atoms with van der Waals surface area (Å²) in [6.45, 7) is 7.16. The molecule has 0 bridgehead atoms. The van der Waals surface area contributed by atoms with Crippen LogP contribution in [0.5, 0.6) is 11.5 Å². The second kappa shape index (κ2) is 5.93. The second-order valence-electron chi connectivity index (χ2n) is 5.94. The fourth-order valence-corrected chi connectivity index (χ4v) is 2.57. The van der Waals surface area contributed by atoms with E-state index in [1.54, 1.807) is 7.11 Å². The summed E-state index contributed by atoms with van der Waals surface area (Å²) in [5.74, 6) is 1.33. The summed E-state index contributed by atoms with van der Waals surface area (Å²) in [6.07, 6.45) is 0. The first-order chi connectivity index (χ1) is 9.86. The molecule has 0 radical (unpaired) electrons. The van der Waals surface area contributed by atoms with Crippen LogP contribution in [0.15, 0.2) is 18.2 Å². The van der Waals surface area contributed by atoms with Crippen molar-refractivity contribution < 1.29 is 19.0 Å². The Kier molecular flexibility index (Phi) is 4.42. The highest BCUT2D eigenvalue weighted by Crippen LogP contribution is 2.33. The Morgan fingerprint density at radius 2 is 2.10 bits per heavy atom. The van der Waals surface area contributed by atoms with E-state index in [9.17, 15) is 4.79 Å². The first kappa shape index (κ1) is 15.6. The maximum absolute atomic E-state index is 11.8. The van der Waals surface area contributed by atoms with Crippen LogP contribution in [0.25, 0.3) is 0 Å². The van der Waals surface area contributed by atoms with Gasteiger partial charge in [0.1, 0.15) is 23.1 Å². The number of hydrogen-bond donors (Lipinski definition) is 0. The minimum atomic E-state index is -0.403. The van der Waals surface area contributed by atoms with Crippen molar-refractivity contribution >= 4 is 5.97 Å². The molecule has 1 aromatic carbocycles. The Morgan fingerprint density at radius 1 is 1.38 bits per heavy atom. The van der Waals surface area contributed by atoms with Crippen molar-refractivity contribution in [3.05, 3.63) is 23.8 Å². The van der Waals surface area contributed by atoms with Gasteiger partial charge in [0, 0.05) is 24.7 Å². The minimum absolute atomic E-state index is 0.234. The molecule has 1 unspecified atom stereocenters. The third kappa shape index (κ3) is 3.47. The zero-order valence-corrected chi connectivity index (χ0v) is 13.3. The Bertz CT molecular complexity index is 527. The molecule has 0 saturated heterocycles. The lowest BCUT2D eigenvalue weighted by Gasteiger charge is -2.32. The standard InChI is InChI=1S/C16H23NO4/c1-11(15(18)20-5)17-9-12-6-7-13(19-4)8-14(12)21-16(2,3)10-17/h6-8,11H,9-10H2,1-5H3. The molecule has 0 amide bonds. The average molecular weight is 293 g/mol. The SMILES string of the molecule is COC(=O)C(C)N1Cc2ccc(OC)cc2OC(C)(C)C1. The van der Waals surface area contributed by atoms with Crippen LogP contribution in [0.4, 0.5) is 0 Å². The average Bonchev–Trinajstić information content (AvgIpc) is 2.58. The lowest BCUT2D eigenvalue weighted by molar-refractivity contribution is -0.147. The van der Waals surface area contributed by atoms with Crippen molar-refractivity contribution in [3.63, 3.8) is 0 Å². The Labute approximate surface area is 125 Å². The van der Waals surface area contributed by atoms with Crippen LogP contribution in [-0.2, 0) is 16.1 Å². The number of benzene rings is 1. The monoisotopic (exact) mass is 293 g/mol. The minimum Gasteiger partial charge on any atom is -0.497 e. The highest BCUT2D eigenvalue weighted by Gasteiger charge is 2.34. The van der Waals surface area contributed by atoms with E-state index in [-0.39, 0.29) is 12.0 Å². The molecule has 0 aromatic heterocycles. The fraction of sp³-hybridized carbons (Fsp3) is 0.562. The largest absolute Gasteiger partial charge is 0.497 e. The Hall–Kier alpha value is -1.75. The topological polar surface area (TPSA) is 48.0 Å². The highest BCUT2D eigenvalue weighted by atomic mass is 16.5. The molecule has 0 saturated carbocycles. The number of methoxy groups -OCH3 is 2. The molecule has 0 fully saturated rings. The lowest BCUT2D eigenvalue weighted by Crippen LogP contribution is -2.47. The van der Waals surface area contributed by atoms with Gasteiger partial charge in [0.2, 0.25) is 0 Å². The van der Waals surface area contributed by atoms with E-state index in [0.29, 0.717) is 13.1 Å². The van der Waals surface area contributed by atoms with Crippen LogP contribution < -0.4 is 9.47 Å². The molecule has 1 atom stereocenters. The van der Waals surface area contributed by atoms with Crippen LogP contribution >= 0.6 is 0 Å². The van der Waals surface area contributed by atoms with Crippen LogP contribution in [-0.4, -0.2) is 43.3 Å². The van der Waals surface area contributed by atoms with Gasteiger partial charge in [-0.15, -0.1) is 0 Å². The van der Waals surface area contributed by atoms with E-state index in [2.05, 4.69) is 4.90 Å². The molecule has 21 heavy (non-hydrogen) atoms. The van der Waals surface area contributed by atoms with Crippen LogP contribution in [0.1, 0.15) is 26.3 Å². The zero-order chi connectivity index (χ0) is 15.6. The number of nitrogens with zero attached hydrogens (tertiary/aromatic N) is 1. The number of rotatable bonds is 3. The van der Waals surface area contributed by atoms with Crippen LogP contribution in [0, 0.1) is 0 Å². The van der Waals surface area contributed by atoms with E-state index in [1.165, 1.54) is 7.11 Å². The van der Waals surface area contributed by atoms with Gasteiger partial charge in [-0.2, -0.15) is 0 Å². The maximum atomic E-state index is 11.8. The molecule has 1 aromatic rings. The van der Waals surface area contributed by atoms with Gasteiger partial charge >= 0.3 is 5.97 Å². The molecule has 0 N–H and O–H groups in total. The zero-order valence-electron chi connectivity index (χ0n) is 13.3. The maximum Gasteiger partial charge on any atom is 0.322 e. The predicted octanol–water partition coefficient (Wildman–Crippen LogP) is 2.23. The van der Waals surface area contributed by atoms with E-state index in [4.69, 9.17) is 14.2 Å². The van der Waals surface area contributed by atoms with Gasteiger partial charge in [0.25, 0.3) is 0 Å². The molecular formula is C16H23NO4. The summed E-state index contributed by atoms with van der Waals surface area (Å²) in [6, 6.07) is 5.46. The van der Waals surface area contributed by atoms with Gasteiger partial charge in [0.15, 0.2) is 0 Å². The summed E-state index contributed by atoms with van der Waals surface area (Å²) in [4.78, 5) is 13.9. The van der Waals surface area contributed by atoms with Gasteiger partial charge in [0.05, 0.1) is 14.2 Å². The molecule has 1 aliphatic rings. The summed E-state index contributed by atoms with van der Waals surface area (Å²) < 4.78 is 16.2. The smallest absolute Gasteiger partial charge is 0.322 e. The van der Waals surface area contributed by atoms with Gasteiger partial charge in [-0.25, -0.2) is 0 Å². The Balaban J connectivity index is 2.34. The molecule has 5 nitrogen and oxygen atoms in total. The van der Waals surface area contributed by atoms with E-state index >= 15 is 0 Å². The number of carbonyl (C=O) groups is 1. The van der Waals surface area contributed by atoms with Crippen LogP contribution in [0.2, 0.25) is 0 Å². The number of fused-ring (bicyclic) bond motifs is 1. The van der Waals surface area contributed by atoms with E-state index < -0.39 is 5.60 Å². The molecule has 116 valence electrons. The van der Waals surface area contributed by atoms with Crippen molar-refractivity contribution in [1.29, 1.82) is 0 Å². The first-order valence-electron chi connectivity index (χ1n) is 7.04. The number of ether oxygens (including phenoxy) is 3. The first-order valence-corrected chi connectivity index (χ1v) is 7.04. The Morgan fingerprint density at radius 3 is 2.71 bits per heavy atom. The number of carbonyl (C=O) groups excluding carboxylic acids is 1. The summed E-state index contributed by atoms with van der Waals surface area (Å²) in [7, 11) is 3.05. The third-order valence-corrected chi connectivity index (χ3v) is 3.71. The van der Waals surface area contributed by atoms with Gasteiger partial charge in [-0.3, -0.25) is 9.69 Å². The number of esters is 1. The molecule has 0 spiro atoms.